The van der Waals surface area contributed by atoms with Gasteiger partial charge in [0.15, 0.2) is 0 Å². The van der Waals surface area contributed by atoms with Crippen LogP contribution in [0.2, 0.25) is 10.0 Å². The maximum absolute atomic E-state index is 12.8. The number of nitrogens with zero attached hydrogens (tertiary/aromatic N) is 1. The zero-order valence-corrected chi connectivity index (χ0v) is 22.0. The van der Waals surface area contributed by atoms with Crippen molar-refractivity contribution in [2.45, 2.75) is 24.9 Å². The average Bonchev–Trinajstić information content (AvgIpc) is 3.27. The number of aromatic nitrogens is 2. The second kappa shape index (κ2) is 11.9. The van der Waals surface area contributed by atoms with Gasteiger partial charge >= 0.3 is 17.6 Å². The molecule has 0 bridgehead atoms. The molecule has 0 spiro atoms. The lowest BCUT2D eigenvalue weighted by Gasteiger charge is -2.19. The Morgan fingerprint density at radius 2 is 1.62 bits per heavy atom. The fourth-order valence-electron chi connectivity index (χ4n) is 3.67. The highest BCUT2D eigenvalue weighted by atomic mass is 79.9. The number of hydrogen-bond donors (Lipinski definition) is 1. The van der Waals surface area contributed by atoms with Gasteiger partial charge in [-0.15, -0.1) is 0 Å². The molecule has 0 unspecified atom stereocenters. The number of carbonyl (C=O) groups is 2. The highest BCUT2D eigenvalue weighted by Gasteiger charge is 2.40. The fraction of sp³-hybridized carbons (Fsp3) is 0.200. The summed E-state index contributed by atoms with van der Waals surface area (Å²) in [6.45, 7) is -0.261. The topological polar surface area (TPSA) is 117 Å². The zero-order valence-electron chi connectivity index (χ0n) is 18.9. The van der Waals surface area contributed by atoms with Gasteiger partial charge in [-0.2, -0.15) is 0 Å². The molecule has 1 saturated heterocycles. The Kier molecular flexibility index (Phi) is 8.65. The van der Waals surface area contributed by atoms with Gasteiger partial charge < -0.3 is 14.2 Å². The molecule has 3 aromatic rings. The highest BCUT2D eigenvalue weighted by Crippen LogP contribution is 2.31. The van der Waals surface area contributed by atoms with Gasteiger partial charge in [0, 0.05) is 22.7 Å². The van der Waals surface area contributed by atoms with Crippen LogP contribution in [0.15, 0.2) is 69.3 Å². The van der Waals surface area contributed by atoms with Crippen molar-refractivity contribution in [2.75, 3.05) is 6.61 Å². The van der Waals surface area contributed by atoms with E-state index in [2.05, 4.69) is 20.9 Å². The summed E-state index contributed by atoms with van der Waals surface area (Å²) in [4.78, 5) is 53.6. The summed E-state index contributed by atoms with van der Waals surface area (Å²) >= 11 is 14.9. The van der Waals surface area contributed by atoms with E-state index in [9.17, 15) is 19.2 Å². The van der Waals surface area contributed by atoms with Crippen LogP contribution >= 0.6 is 39.1 Å². The summed E-state index contributed by atoms with van der Waals surface area (Å²) in [5.74, 6) is -1.27. The minimum absolute atomic E-state index is 0.0614. The molecule has 2 heterocycles. The van der Waals surface area contributed by atoms with Crippen molar-refractivity contribution in [2.24, 2.45) is 0 Å². The van der Waals surface area contributed by atoms with Crippen molar-refractivity contribution < 1.29 is 23.8 Å². The smallest absolute Gasteiger partial charge is 0.338 e. The van der Waals surface area contributed by atoms with E-state index in [4.69, 9.17) is 37.4 Å². The van der Waals surface area contributed by atoms with Crippen LogP contribution in [0.25, 0.3) is 6.08 Å². The number of benzene rings is 2. The summed E-state index contributed by atoms with van der Waals surface area (Å²) in [6.07, 6.45) is 0.184. The second-order valence-electron chi connectivity index (χ2n) is 7.96. The van der Waals surface area contributed by atoms with Gasteiger partial charge in [-0.1, -0.05) is 39.1 Å². The van der Waals surface area contributed by atoms with Crippen molar-refractivity contribution in [1.82, 2.24) is 9.55 Å². The van der Waals surface area contributed by atoms with Crippen LogP contribution in [0.1, 0.15) is 38.9 Å². The third kappa shape index (κ3) is 6.58. The standard InChI is InChI=1S/C25H19BrCl2N2O7/c26-10-9-16-12-30(25(34)29-22(16)31)21-11-19(37-24(33)15-3-7-18(28)8-4-15)20(36-21)13-35-23(32)14-1-5-17(27)6-2-14/h1-10,12,19-21H,11,13H2,(H,29,31,34)/b10-9+/t19-,20+,21-/m0/s1. The second-order valence-corrected chi connectivity index (χ2v) is 9.37. The van der Waals surface area contributed by atoms with E-state index in [0.29, 0.717) is 10.0 Å². The van der Waals surface area contributed by atoms with E-state index in [1.54, 1.807) is 24.3 Å². The largest absolute Gasteiger partial charge is 0.459 e. The summed E-state index contributed by atoms with van der Waals surface area (Å²) < 4.78 is 18.2. The van der Waals surface area contributed by atoms with Crippen molar-refractivity contribution in [3.8, 4) is 0 Å². The third-order valence-electron chi connectivity index (χ3n) is 5.53. The van der Waals surface area contributed by atoms with Gasteiger partial charge in [-0.05, 0) is 59.6 Å². The summed E-state index contributed by atoms with van der Waals surface area (Å²) in [7, 11) is 0. The first kappa shape index (κ1) is 26.9. The third-order valence-corrected chi connectivity index (χ3v) is 6.29. The van der Waals surface area contributed by atoms with Gasteiger partial charge in [-0.25, -0.2) is 14.4 Å². The van der Waals surface area contributed by atoms with E-state index >= 15 is 0 Å². The fourth-order valence-corrected chi connectivity index (χ4v) is 4.20. The quantitative estimate of drug-likeness (QED) is 0.390. The molecule has 1 aliphatic heterocycles. The van der Waals surface area contributed by atoms with Crippen LogP contribution in [0, 0.1) is 0 Å². The van der Waals surface area contributed by atoms with Gasteiger partial charge in [0.1, 0.15) is 25.0 Å². The lowest BCUT2D eigenvalue weighted by Crippen LogP contribution is -2.33. The minimum atomic E-state index is -0.908. The van der Waals surface area contributed by atoms with Gasteiger partial charge in [-0.3, -0.25) is 14.3 Å². The minimum Gasteiger partial charge on any atom is -0.459 e. The number of halogens is 3. The van der Waals surface area contributed by atoms with Crippen LogP contribution in [-0.2, 0) is 14.2 Å². The predicted octanol–water partition coefficient (Wildman–Crippen LogP) is 4.58. The molecular formula is C25H19BrCl2N2O7. The first-order valence-electron chi connectivity index (χ1n) is 10.9. The van der Waals surface area contributed by atoms with E-state index in [1.165, 1.54) is 46.1 Å². The monoisotopic (exact) mass is 608 g/mol. The molecule has 0 aliphatic carbocycles. The van der Waals surface area contributed by atoms with E-state index in [1.807, 2.05) is 0 Å². The molecule has 9 nitrogen and oxygen atoms in total. The Morgan fingerprint density at radius 1 is 1.03 bits per heavy atom. The molecule has 3 atom stereocenters. The van der Waals surface area contributed by atoms with Crippen molar-refractivity contribution in [1.29, 1.82) is 0 Å². The number of ether oxygens (including phenoxy) is 3. The molecule has 1 aliphatic rings. The van der Waals surface area contributed by atoms with Crippen LogP contribution in [0.3, 0.4) is 0 Å². The summed E-state index contributed by atoms with van der Waals surface area (Å²) in [6, 6.07) is 12.3. The zero-order chi connectivity index (χ0) is 26.5. The number of hydrogen-bond acceptors (Lipinski definition) is 7. The first-order valence-corrected chi connectivity index (χ1v) is 12.6. The van der Waals surface area contributed by atoms with E-state index in [-0.39, 0.29) is 29.7 Å². The van der Waals surface area contributed by atoms with Gasteiger partial charge in [0.2, 0.25) is 0 Å². The van der Waals surface area contributed by atoms with Crippen LogP contribution in [-0.4, -0.2) is 40.3 Å². The molecule has 1 N–H and O–H groups in total. The Hall–Kier alpha value is -3.18. The van der Waals surface area contributed by atoms with Crippen molar-refractivity contribution in [3.05, 3.63) is 107 Å². The number of H-pyrrole nitrogens is 1. The molecule has 12 heteroatoms. The normalized spacial score (nSPS) is 19.2. The molecular weight excluding hydrogens is 591 g/mol. The highest BCUT2D eigenvalue weighted by molar-refractivity contribution is 9.11. The summed E-state index contributed by atoms with van der Waals surface area (Å²) in [5.41, 5.74) is -0.544. The van der Waals surface area contributed by atoms with Gasteiger partial charge in [0.25, 0.3) is 5.56 Å². The molecule has 0 saturated carbocycles. The Labute approximate surface area is 228 Å². The predicted molar refractivity (Wildman–Crippen MR) is 140 cm³/mol. The number of carbonyl (C=O) groups excluding carboxylic acids is 2. The van der Waals surface area contributed by atoms with E-state index < -0.39 is 41.6 Å². The Morgan fingerprint density at radius 3 is 2.22 bits per heavy atom. The van der Waals surface area contributed by atoms with Crippen LogP contribution in [0.4, 0.5) is 0 Å². The molecule has 4 rings (SSSR count). The van der Waals surface area contributed by atoms with Crippen molar-refractivity contribution in [3.63, 3.8) is 0 Å². The lowest BCUT2D eigenvalue weighted by atomic mass is 10.1. The van der Waals surface area contributed by atoms with Crippen LogP contribution in [0.5, 0.6) is 0 Å². The number of esters is 2. The maximum atomic E-state index is 12.8. The first-order chi connectivity index (χ1) is 17.7. The van der Waals surface area contributed by atoms with Crippen molar-refractivity contribution >= 4 is 57.1 Å². The lowest BCUT2D eigenvalue weighted by molar-refractivity contribution is -0.0582. The number of aromatic amines is 1. The molecule has 2 aromatic carbocycles. The molecule has 0 radical (unpaired) electrons. The number of rotatable bonds is 7. The SMILES string of the molecule is O=C(OC[C@H]1O[C@H](n2cc(/C=C/Br)c(=O)[nH]c2=O)C[C@@H]1OC(=O)c1ccc(Cl)cc1)c1ccc(Cl)cc1. The summed E-state index contributed by atoms with van der Waals surface area (Å²) in [5, 5.41) is 0.923. The average molecular weight is 610 g/mol. The van der Waals surface area contributed by atoms with Gasteiger partial charge in [0.05, 0.1) is 16.7 Å². The Bertz CT molecular complexity index is 1440. The molecule has 1 aromatic heterocycles. The molecule has 0 amide bonds. The number of nitrogens with one attached hydrogen (secondary N) is 1. The maximum Gasteiger partial charge on any atom is 0.338 e. The molecule has 1 fully saturated rings. The Balaban J connectivity index is 1.56. The molecule has 192 valence electrons. The van der Waals surface area contributed by atoms with E-state index in [0.717, 1.165) is 0 Å². The molecule has 37 heavy (non-hydrogen) atoms. The van der Waals surface area contributed by atoms with Crippen LogP contribution < -0.4 is 11.2 Å².